The predicted molar refractivity (Wildman–Crippen MR) is 75.6 cm³/mol. The van der Waals surface area contributed by atoms with Crippen molar-refractivity contribution in [3.8, 4) is 0 Å². The fraction of sp³-hybridized carbons (Fsp3) is 1.00. The summed E-state index contributed by atoms with van der Waals surface area (Å²) < 4.78 is 0. The van der Waals surface area contributed by atoms with Crippen molar-refractivity contribution in [2.45, 2.75) is 64.1 Å². The molecule has 2 N–H and O–H groups in total. The van der Waals surface area contributed by atoms with Gasteiger partial charge in [0.2, 0.25) is 0 Å². The van der Waals surface area contributed by atoms with Gasteiger partial charge in [-0.1, -0.05) is 6.92 Å². The molecule has 106 valence electrons. The highest BCUT2D eigenvalue weighted by Crippen LogP contribution is 2.25. The highest BCUT2D eigenvalue weighted by molar-refractivity contribution is 4.87. The van der Waals surface area contributed by atoms with Crippen molar-refractivity contribution in [1.29, 1.82) is 0 Å². The average molecular weight is 254 g/mol. The zero-order valence-corrected chi connectivity index (χ0v) is 12.2. The van der Waals surface area contributed by atoms with Crippen molar-refractivity contribution in [2.24, 2.45) is 11.8 Å². The Morgan fingerprint density at radius 3 is 2.50 bits per heavy atom. The number of likely N-dealkylation sites (tertiary alicyclic amines) is 1. The fourth-order valence-corrected chi connectivity index (χ4v) is 3.49. The molecule has 0 radical (unpaired) electrons. The molecule has 3 heteroatoms. The fourth-order valence-electron chi connectivity index (χ4n) is 3.49. The van der Waals surface area contributed by atoms with Crippen molar-refractivity contribution < 1.29 is 5.11 Å². The second-order valence-corrected chi connectivity index (χ2v) is 6.69. The standard InChI is InChI=1S/C15H30N2O/c1-11-10-17(3)12(2)8-15(11)16-9-13-4-6-14(18)7-5-13/h11-16,18H,4-10H2,1-3H3. The molecule has 0 bridgehead atoms. The lowest BCUT2D eigenvalue weighted by Gasteiger charge is -2.41. The number of hydrogen-bond acceptors (Lipinski definition) is 3. The second-order valence-electron chi connectivity index (χ2n) is 6.69. The number of aliphatic hydroxyl groups excluding tert-OH is 1. The van der Waals surface area contributed by atoms with Gasteiger partial charge in [0.15, 0.2) is 0 Å². The highest BCUT2D eigenvalue weighted by Gasteiger charge is 2.29. The summed E-state index contributed by atoms with van der Waals surface area (Å²) >= 11 is 0. The Bertz CT molecular complexity index is 251. The highest BCUT2D eigenvalue weighted by atomic mass is 16.3. The molecular formula is C15H30N2O. The molecule has 3 atom stereocenters. The van der Waals surface area contributed by atoms with Gasteiger partial charge in [-0.15, -0.1) is 0 Å². The van der Waals surface area contributed by atoms with E-state index >= 15 is 0 Å². The molecule has 1 saturated carbocycles. The van der Waals surface area contributed by atoms with Gasteiger partial charge in [-0.05, 0) is 64.5 Å². The summed E-state index contributed by atoms with van der Waals surface area (Å²) in [5.74, 6) is 1.54. The van der Waals surface area contributed by atoms with E-state index in [-0.39, 0.29) is 6.10 Å². The van der Waals surface area contributed by atoms with Gasteiger partial charge in [-0.3, -0.25) is 0 Å². The van der Waals surface area contributed by atoms with E-state index < -0.39 is 0 Å². The molecule has 3 nitrogen and oxygen atoms in total. The number of hydrogen-bond donors (Lipinski definition) is 2. The SMILES string of the molecule is CC1CN(C)C(C)CC1NCC1CCC(O)CC1. The van der Waals surface area contributed by atoms with E-state index in [0.717, 1.165) is 31.2 Å². The summed E-state index contributed by atoms with van der Waals surface area (Å²) in [6.45, 7) is 7.06. The van der Waals surface area contributed by atoms with Crippen LogP contribution in [0.15, 0.2) is 0 Å². The third-order valence-corrected chi connectivity index (χ3v) is 5.10. The van der Waals surface area contributed by atoms with E-state index in [2.05, 4.69) is 31.1 Å². The Morgan fingerprint density at radius 2 is 1.83 bits per heavy atom. The van der Waals surface area contributed by atoms with Crippen LogP contribution in [-0.2, 0) is 0 Å². The molecule has 1 saturated heterocycles. The Labute approximate surface area is 112 Å². The first-order chi connectivity index (χ1) is 8.56. The summed E-state index contributed by atoms with van der Waals surface area (Å²) in [7, 11) is 2.24. The van der Waals surface area contributed by atoms with Crippen LogP contribution in [0.2, 0.25) is 0 Å². The molecule has 2 aliphatic rings. The van der Waals surface area contributed by atoms with Crippen LogP contribution in [0.3, 0.4) is 0 Å². The number of nitrogens with zero attached hydrogens (tertiary/aromatic N) is 1. The number of piperidine rings is 1. The molecule has 1 aliphatic carbocycles. The summed E-state index contributed by atoms with van der Waals surface area (Å²) in [5.41, 5.74) is 0. The van der Waals surface area contributed by atoms with Gasteiger partial charge in [-0.2, -0.15) is 0 Å². The van der Waals surface area contributed by atoms with Crippen molar-refractivity contribution in [3.63, 3.8) is 0 Å². The van der Waals surface area contributed by atoms with Gasteiger partial charge in [0.25, 0.3) is 0 Å². The van der Waals surface area contributed by atoms with E-state index in [1.54, 1.807) is 0 Å². The minimum atomic E-state index is -0.0245. The van der Waals surface area contributed by atoms with E-state index in [1.165, 1.54) is 25.8 Å². The first kappa shape index (κ1) is 14.3. The molecular weight excluding hydrogens is 224 g/mol. The molecule has 2 fully saturated rings. The summed E-state index contributed by atoms with van der Waals surface area (Å²) in [4.78, 5) is 2.47. The van der Waals surface area contributed by atoms with Gasteiger partial charge in [0, 0.05) is 18.6 Å². The van der Waals surface area contributed by atoms with Crippen molar-refractivity contribution >= 4 is 0 Å². The van der Waals surface area contributed by atoms with Crippen molar-refractivity contribution in [1.82, 2.24) is 10.2 Å². The van der Waals surface area contributed by atoms with E-state index in [1.807, 2.05) is 0 Å². The lowest BCUT2D eigenvalue weighted by Crippen LogP contribution is -2.51. The van der Waals surface area contributed by atoms with Crippen molar-refractivity contribution in [2.75, 3.05) is 20.1 Å². The zero-order valence-electron chi connectivity index (χ0n) is 12.2. The van der Waals surface area contributed by atoms with Gasteiger partial charge in [0.05, 0.1) is 6.10 Å². The van der Waals surface area contributed by atoms with Gasteiger partial charge in [-0.25, -0.2) is 0 Å². The first-order valence-electron chi connectivity index (χ1n) is 7.68. The quantitative estimate of drug-likeness (QED) is 0.807. The average Bonchev–Trinajstić information content (AvgIpc) is 2.34. The molecule has 2 rings (SSSR count). The Kier molecular flexibility index (Phi) is 5.05. The number of aliphatic hydroxyl groups is 1. The van der Waals surface area contributed by atoms with Crippen LogP contribution in [0.1, 0.15) is 46.0 Å². The second kappa shape index (κ2) is 6.36. The minimum Gasteiger partial charge on any atom is -0.393 e. The maximum Gasteiger partial charge on any atom is 0.0540 e. The predicted octanol–water partition coefficient (Wildman–Crippen LogP) is 1.86. The number of nitrogens with one attached hydrogen (secondary N) is 1. The van der Waals surface area contributed by atoms with Crippen LogP contribution in [0.5, 0.6) is 0 Å². The Balaban J connectivity index is 1.72. The molecule has 0 spiro atoms. The molecule has 0 aromatic carbocycles. The van der Waals surface area contributed by atoms with Crippen LogP contribution in [-0.4, -0.2) is 48.3 Å². The van der Waals surface area contributed by atoms with Gasteiger partial charge < -0.3 is 15.3 Å². The molecule has 0 aromatic heterocycles. The Morgan fingerprint density at radius 1 is 1.17 bits per heavy atom. The Hall–Kier alpha value is -0.120. The van der Waals surface area contributed by atoms with Crippen LogP contribution < -0.4 is 5.32 Å². The molecule has 0 amide bonds. The van der Waals surface area contributed by atoms with E-state index in [0.29, 0.717) is 12.1 Å². The molecule has 0 aromatic rings. The third-order valence-electron chi connectivity index (χ3n) is 5.10. The zero-order chi connectivity index (χ0) is 13.1. The monoisotopic (exact) mass is 254 g/mol. The topological polar surface area (TPSA) is 35.5 Å². The minimum absolute atomic E-state index is 0.0245. The number of rotatable bonds is 3. The maximum atomic E-state index is 9.52. The first-order valence-corrected chi connectivity index (χ1v) is 7.68. The van der Waals surface area contributed by atoms with Gasteiger partial charge in [0.1, 0.15) is 0 Å². The summed E-state index contributed by atoms with van der Waals surface area (Å²) in [6.07, 6.45) is 5.66. The molecule has 3 unspecified atom stereocenters. The maximum absolute atomic E-state index is 9.52. The van der Waals surface area contributed by atoms with E-state index in [9.17, 15) is 5.11 Å². The van der Waals surface area contributed by atoms with Crippen LogP contribution in [0, 0.1) is 11.8 Å². The smallest absolute Gasteiger partial charge is 0.0540 e. The normalized spacial score (nSPS) is 43.0. The lowest BCUT2D eigenvalue weighted by atomic mass is 9.85. The van der Waals surface area contributed by atoms with Crippen molar-refractivity contribution in [3.05, 3.63) is 0 Å². The third kappa shape index (κ3) is 3.69. The summed E-state index contributed by atoms with van der Waals surface area (Å²) in [5, 5.41) is 13.3. The van der Waals surface area contributed by atoms with Gasteiger partial charge >= 0.3 is 0 Å². The van der Waals surface area contributed by atoms with Crippen LogP contribution in [0.25, 0.3) is 0 Å². The van der Waals surface area contributed by atoms with Crippen LogP contribution in [0.4, 0.5) is 0 Å². The van der Waals surface area contributed by atoms with Crippen LogP contribution >= 0.6 is 0 Å². The molecule has 1 aliphatic heterocycles. The largest absolute Gasteiger partial charge is 0.393 e. The van der Waals surface area contributed by atoms with E-state index in [4.69, 9.17) is 0 Å². The summed E-state index contributed by atoms with van der Waals surface area (Å²) in [6, 6.07) is 1.38. The molecule has 18 heavy (non-hydrogen) atoms. The lowest BCUT2D eigenvalue weighted by molar-refractivity contribution is 0.0965. The molecule has 1 heterocycles.